The molecule has 0 aromatic heterocycles. The SMILES string of the molecule is Cc1cc(C)c2c(c1N)OCCC(=O)N2C. The number of nitrogen functional groups attached to an aromatic ring is 1. The predicted octanol–water partition coefficient (Wildman–Crippen LogP) is 1.63. The zero-order chi connectivity index (χ0) is 11.9. The largest absolute Gasteiger partial charge is 0.489 e. The molecule has 1 aliphatic rings. The third kappa shape index (κ3) is 1.50. The number of carbonyl (C=O) groups is 1. The molecule has 0 spiro atoms. The molecule has 1 aromatic rings. The number of benzene rings is 1. The lowest BCUT2D eigenvalue weighted by Gasteiger charge is -2.21. The Balaban J connectivity index is 2.68. The average Bonchev–Trinajstić information content (AvgIpc) is 2.37. The Bertz CT molecular complexity index is 455. The molecule has 0 radical (unpaired) electrons. The van der Waals surface area contributed by atoms with Crippen LogP contribution in [0, 0.1) is 13.8 Å². The number of fused-ring (bicyclic) bond motifs is 1. The van der Waals surface area contributed by atoms with Gasteiger partial charge in [0, 0.05) is 7.05 Å². The van der Waals surface area contributed by atoms with Gasteiger partial charge in [-0.15, -0.1) is 0 Å². The van der Waals surface area contributed by atoms with Crippen molar-refractivity contribution in [3.05, 3.63) is 17.2 Å². The molecule has 0 fully saturated rings. The molecule has 1 amide bonds. The predicted molar refractivity (Wildman–Crippen MR) is 63.9 cm³/mol. The number of carbonyl (C=O) groups excluding carboxylic acids is 1. The third-order valence-corrected chi connectivity index (χ3v) is 2.96. The molecule has 16 heavy (non-hydrogen) atoms. The maximum absolute atomic E-state index is 11.7. The van der Waals surface area contributed by atoms with Crippen LogP contribution in [0.2, 0.25) is 0 Å². The van der Waals surface area contributed by atoms with E-state index in [-0.39, 0.29) is 5.91 Å². The van der Waals surface area contributed by atoms with Crippen molar-refractivity contribution in [3.8, 4) is 5.75 Å². The van der Waals surface area contributed by atoms with E-state index in [0.717, 1.165) is 16.8 Å². The molecule has 0 aliphatic carbocycles. The molecule has 1 aromatic carbocycles. The maximum atomic E-state index is 11.7. The lowest BCUT2D eigenvalue weighted by atomic mass is 10.1. The second kappa shape index (κ2) is 3.70. The van der Waals surface area contributed by atoms with E-state index in [9.17, 15) is 4.79 Å². The van der Waals surface area contributed by atoms with Crippen molar-refractivity contribution in [1.29, 1.82) is 0 Å². The van der Waals surface area contributed by atoms with Crippen LogP contribution >= 0.6 is 0 Å². The Labute approximate surface area is 95.0 Å². The van der Waals surface area contributed by atoms with Crippen molar-refractivity contribution in [2.75, 3.05) is 24.3 Å². The van der Waals surface area contributed by atoms with Crippen LogP contribution in [0.5, 0.6) is 5.75 Å². The van der Waals surface area contributed by atoms with Crippen LogP contribution in [-0.2, 0) is 4.79 Å². The maximum Gasteiger partial charge on any atom is 0.230 e. The lowest BCUT2D eigenvalue weighted by Crippen LogP contribution is -2.25. The zero-order valence-corrected chi connectivity index (χ0v) is 9.83. The van der Waals surface area contributed by atoms with E-state index in [2.05, 4.69) is 0 Å². The summed E-state index contributed by atoms with van der Waals surface area (Å²) in [5.41, 5.74) is 9.41. The fourth-order valence-electron chi connectivity index (χ4n) is 2.05. The van der Waals surface area contributed by atoms with E-state index in [1.54, 1.807) is 11.9 Å². The van der Waals surface area contributed by atoms with Gasteiger partial charge in [0.15, 0.2) is 5.75 Å². The van der Waals surface area contributed by atoms with Crippen LogP contribution in [0.4, 0.5) is 11.4 Å². The van der Waals surface area contributed by atoms with Gasteiger partial charge in [0.05, 0.1) is 24.4 Å². The second-order valence-corrected chi connectivity index (χ2v) is 4.15. The van der Waals surface area contributed by atoms with Gasteiger partial charge in [-0.05, 0) is 25.0 Å². The van der Waals surface area contributed by atoms with E-state index in [1.165, 1.54) is 0 Å². The summed E-state index contributed by atoms with van der Waals surface area (Å²) in [5, 5.41) is 0. The van der Waals surface area contributed by atoms with Crippen LogP contribution in [-0.4, -0.2) is 19.6 Å². The summed E-state index contributed by atoms with van der Waals surface area (Å²) in [7, 11) is 1.76. The van der Waals surface area contributed by atoms with Gasteiger partial charge in [0.25, 0.3) is 0 Å². The van der Waals surface area contributed by atoms with Crippen molar-refractivity contribution in [1.82, 2.24) is 0 Å². The Kier molecular flexibility index (Phi) is 2.50. The fraction of sp³-hybridized carbons (Fsp3) is 0.417. The van der Waals surface area contributed by atoms with Crippen molar-refractivity contribution in [2.45, 2.75) is 20.3 Å². The topological polar surface area (TPSA) is 55.6 Å². The number of hydrogen-bond donors (Lipinski definition) is 1. The third-order valence-electron chi connectivity index (χ3n) is 2.96. The van der Waals surface area contributed by atoms with Gasteiger partial charge in [-0.3, -0.25) is 4.79 Å². The van der Waals surface area contributed by atoms with Crippen LogP contribution in [0.3, 0.4) is 0 Å². The van der Waals surface area contributed by atoms with E-state index in [4.69, 9.17) is 10.5 Å². The minimum absolute atomic E-state index is 0.0603. The van der Waals surface area contributed by atoms with Crippen LogP contribution in [0.25, 0.3) is 0 Å². The number of rotatable bonds is 0. The molecule has 1 heterocycles. The molecular formula is C12H16N2O2. The van der Waals surface area contributed by atoms with Gasteiger partial charge in [-0.2, -0.15) is 0 Å². The normalized spacial score (nSPS) is 15.4. The van der Waals surface area contributed by atoms with Crippen molar-refractivity contribution in [2.24, 2.45) is 0 Å². The van der Waals surface area contributed by atoms with Gasteiger partial charge < -0.3 is 15.4 Å². The second-order valence-electron chi connectivity index (χ2n) is 4.15. The van der Waals surface area contributed by atoms with Crippen LogP contribution < -0.4 is 15.4 Å². The summed E-state index contributed by atoms with van der Waals surface area (Å²) in [5.74, 6) is 0.705. The summed E-state index contributed by atoms with van der Waals surface area (Å²) >= 11 is 0. The Hall–Kier alpha value is -1.71. The first kappa shape index (κ1) is 10.8. The first-order chi connectivity index (χ1) is 7.52. The first-order valence-corrected chi connectivity index (χ1v) is 5.31. The highest BCUT2D eigenvalue weighted by Crippen LogP contribution is 2.40. The van der Waals surface area contributed by atoms with E-state index >= 15 is 0 Å². The quantitative estimate of drug-likeness (QED) is 0.676. The van der Waals surface area contributed by atoms with E-state index in [0.29, 0.717) is 24.5 Å². The first-order valence-electron chi connectivity index (χ1n) is 5.31. The molecular weight excluding hydrogens is 204 g/mol. The molecule has 2 N–H and O–H groups in total. The highest BCUT2D eigenvalue weighted by molar-refractivity contribution is 5.97. The number of aryl methyl sites for hydroxylation is 2. The summed E-state index contributed by atoms with van der Waals surface area (Å²) in [6, 6.07) is 1.98. The summed E-state index contributed by atoms with van der Waals surface area (Å²) < 4.78 is 5.59. The fourth-order valence-corrected chi connectivity index (χ4v) is 2.05. The summed E-state index contributed by atoms with van der Waals surface area (Å²) in [4.78, 5) is 13.4. The molecule has 0 bridgehead atoms. The van der Waals surface area contributed by atoms with Crippen molar-refractivity contribution >= 4 is 17.3 Å². The Morgan fingerprint density at radius 1 is 1.38 bits per heavy atom. The summed E-state index contributed by atoms with van der Waals surface area (Å²) in [6.07, 6.45) is 0.392. The number of nitrogens with two attached hydrogens (primary N) is 1. The van der Waals surface area contributed by atoms with E-state index in [1.807, 2.05) is 19.9 Å². The summed E-state index contributed by atoms with van der Waals surface area (Å²) in [6.45, 7) is 4.30. The van der Waals surface area contributed by atoms with Crippen LogP contribution in [0.1, 0.15) is 17.5 Å². The van der Waals surface area contributed by atoms with Gasteiger partial charge >= 0.3 is 0 Å². The Morgan fingerprint density at radius 2 is 2.06 bits per heavy atom. The van der Waals surface area contributed by atoms with Gasteiger partial charge in [0.1, 0.15) is 0 Å². The highest BCUT2D eigenvalue weighted by Gasteiger charge is 2.24. The van der Waals surface area contributed by atoms with Crippen LogP contribution in [0.15, 0.2) is 6.07 Å². The molecule has 0 atom stereocenters. The Morgan fingerprint density at radius 3 is 2.75 bits per heavy atom. The number of hydrogen-bond acceptors (Lipinski definition) is 3. The molecule has 4 heteroatoms. The number of nitrogens with zero attached hydrogens (tertiary/aromatic N) is 1. The zero-order valence-electron chi connectivity index (χ0n) is 9.83. The van der Waals surface area contributed by atoms with E-state index < -0.39 is 0 Å². The number of anilines is 2. The van der Waals surface area contributed by atoms with Gasteiger partial charge in [-0.1, -0.05) is 6.07 Å². The molecule has 86 valence electrons. The molecule has 4 nitrogen and oxygen atoms in total. The standard InChI is InChI=1S/C12H16N2O2/c1-7-6-8(2)11-12(10(7)13)16-5-4-9(15)14(11)3/h6H,4-5,13H2,1-3H3. The van der Waals surface area contributed by atoms with Gasteiger partial charge in [0.2, 0.25) is 5.91 Å². The average molecular weight is 220 g/mol. The minimum Gasteiger partial charge on any atom is -0.489 e. The molecule has 2 rings (SSSR count). The van der Waals surface area contributed by atoms with Crippen molar-refractivity contribution < 1.29 is 9.53 Å². The van der Waals surface area contributed by atoms with Crippen molar-refractivity contribution in [3.63, 3.8) is 0 Å². The highest BCUT2D eigenvalue weighted by atomic mass is 16.5. The molecule has 0 saturated heterocycles. The molecule has 0 unspecified atom stereocenters. The van der Waals surface area contributed by atoms with Gasteiger partial charge in [-0.25, -0.2) is 0 Å². The molecule has 1 aliphatic heterocycles. The number of amides is 1. The smallest absolute Gasteiger partial charge is 0.230 e. The minimum atomic E-state index is 0.0603. The number of ether oxygens (including phenoxy) is 1. The molecule has 0 saturated carbocycles. The lowest BCUT2D eigenvalue weighted by molar-refractivity contribution is -0.118. The monoisotopic (exact) mass is 220 g/mol.